The first-order valence-electron chi connectivity index (χ1n) is 10.7. The first-order chi connectivity index (χ1) is 17.1. The molecule has 4 N–H and O–H groups in total. The number of benzene rings is 2. The summed E-state index contributed by atoms with van der Waals surface area (Å²) in [5.41, 5.74) is 8.24. The number of amides is 3. The summed E-state index contributed by atoms with van der Waals surface area (Å²) < 4.78 is 30.2. The SMILES string of the molecule is C=C(F)C(=O)Nc1ccc(-c2c(-c3cccc(C(=O)NC)c3)c(C(N)=O)c3cnc(C)cn23)c(F)c1. The summed E-state index contributed by atoms with van der Waals surface area (Å²) in [5.74, 6) is -4.19. The molecule has 0 fully saturated rings. The third kappa shape index (κ3) is 4.31. The van der Waals surface area contributed by atoms with Crippen molar-refractivity contribution in [1.29, 1.82) is 0 Å². The Hall–Kier alpha value is -4.86. The van der Waals surface area contributed by atoms with Gasteiger partial charge in [0.15, 0.2) is 5.83 Å². The molecule has 36 heavy (non-hydrogen) atoms. The van der Waals surface area contributed by atoms with Gasteiger partial charge < -0.3 is 20.8 Å². The van der Waals surface area contributed by atoms with Crippen molar-refractivity contribution < 1.29 is 23.2 Å². The molecule has 4 rings (SSSR count). The highest BCUT2D eigenvalue weighted by molar-refractivity contribution is 6.11. The molecule has 2 aromatic heterocycles. The number of nitrogens with two attached hydrogens (primary N) is 1. The molecule has 8 nitrogen and oxygen atoms in total. The van der Waals surface area contributed by atoms with Gasteiger partial charge in [-0.15, -0.1) is 0 Å². The van der Waals surface area contributed by atoms with Crippen LogP contribution in [0.2, 0.25) is 0 Å². The molecule has 0 aliphatic rings. The molecule has 0 saturated heterocycles. The lowest BCUT2D eigenvalue weighted by Gasteiger charge is -2.12. The maximum absolute atomic E-state index is 15.5. The Morgan fingerprint density at radius 2 is 1.89 bits per heavy atom. The number of hydrogen-bond donors (Lipinski definition) is 3. The minimum atomic E-state index is -1.22. The molecule has 0 saturated carbocycles. The molecule has 10 heteroatoms. The van der Waals surface area contributed by atoms with Crippen molar-refractivity contribution in [2.45, 2.75) is 6.92 Å². The highest BCUT2D eigenvalue weighted by Gasteiger charge is 2.27. The number of rotatable bonds is 6. The number of carbonyl (C=O) groups is 3. The van der Waals surface area contributed by atoms with Crippen LogP contribution in [-0.4, -0.2) is 34.2 Å². The van der Waals surface area contributed by atoms with Crippen LogP contribution in [0.15, 0.2) is 67.3 Å². The zero-order chi connectivity index (χ0) is 26.1. The van der Waals surface area contributed by atoms with Gasteiger partial charge in [-0.1, -0.05) is 18.7 Å². The van der Waals surface area contributed by atoms with Crippen LogP contribution < -0.4 is 16.4 Å². The Labute approximate surface area is 204 Å². The highest BCUT2D eigenvalue weighted by Crippen LogP contribution is 2.41. The maximum Gasteiger partial charge on any atom is 0.283 e. The van der Waals surface area contributed by atoms with Crippen molar-refractivity contribution >= 4 is 28.9 Å². The van der Waals surface area contributed by atoms with E-state index in [2.05, 4.69) is 22.2 Å². The minimum Gasteiger partial charge on any atom is -0.366 e. The smallest absolute Gasteiger partial charge is 0.283 e. The molecule has 0 aliphatic heterocycles. The van der Waals surface area contributed by atoms with Gasteiger partial charge in [-0.2, -0.15) is 0 Å². The van der Waals surface area contributed by atoms with E-state index in [1.165, 1.54) is 25.4 Å². The van der Waals surface area contributed by atoms with Gasteiger partial charge in [0.25, 0.3) is 17.7 Å². The largest absolute Gasteiger partial charge is 0.366 e. The molecule has 0 radical (unpaired) electrons. The van der Waals surface area contributed by atoms with Crippen molar-refractivity contribution in [2.24, 2.45) is 5.73 Å². The second kappa shape index (κ2) is 9.41. The lowest BCUT2D eigenvalue weighted by Crippen LogP contribution is -2.17. The van der Waals surface area contributed by atoms with E-state index in [1.54, 1.807) is 41.8 Å². The predicted octanol–water partition coefficient (Wildman–Crippen LogP) is 4.00. The third-order valence-corrected chi connectivity index (χ3v) is 5.57. The second-order valence-corrected chi connectivity index (χ2v) is 7.96. The fraction of sp³-hybridized carbons (Fsp3) is 0.0769. The topological polar surface area (TPSA) is 119 Å². The number of primary amides is 1. The summed E-state index contributed by atoms with van der Waals surface area (Å²) in [4.78, 5) is 40.8. The number of nitrogens with one attached hydrogen (secondary N) is 2. The molecular formula is C26H21F2N5O3. The average molecular weight is 489 g/mol. The van der Waals surface area contributed by atoms with Crippen LogP contribution in [0, 0.1) is 12.7 Å². The number of nitrogens with zero attached hydrogens (tertiary/aromatic N) is 2. The first-order valence-corrected chi connectivity index (χ1v) is 10.7. The van der Waals surface area contributed by atoms with Gasteiger partial charge in [-0.05, 0) is 42.8 Å². The summed E-state index contributed by atoms with van der Waals surface area (Å²) in [6.45, 7) is 4.65. The minimum absolute atomic E-state index is 0.0112. The molecule has 0 aliphatic carbocycles. The van der Waals surface area contributed by atoms with Crippen molar-refractivity contribution in [2.75, 3.05) is 12.4 Å². The van der Waals surface area contributed by atoms with Crippen LogP contribution in [0.3, 0.4) is 0 Å². The Morgan fingerprint density at radius 3 is 2.53 bits per heavy atom. The number of carbonyl (C=O) groups excluding carboxylic acids is 3. The predicted molar refractivity (Wildman–Crippen MR) is 132 cm³/mol. The van der Waals surface area contributed by atoms with Gasteiger partial charge in [0.1, 0.15) is 5.82 Å². The lowest BCUT2D eigenvalue weighted by molar-refractivity contribution is -0.114. The van der Waals surface area contributed by atoms with E-state index in [0.29, 0.717) is 27.9 Å². The highest BCUT2D eigenvalue weighted by atomic mass is 19.1. The molecule has 182 valence electrons. The molecule has 0 bridgehead atoms. The van der Waals surface area contributed by atoms with E-state index in [4.69, 9.17) is 5.73 Å². The summed E-state index contributed by atoms with van der Waals surface area (Å²) >= 11 is 0. The van der Waals surface area contributed by atoms with Gasteiger partial charge in [0, 0.05) is 35.6 Å². The molecule has 2 heterocycles. The molecule has 2 aromatic carbocycles. The van der Waals surface area contributed by atoms with Crippen LogP contribution >= 0.6 is 0 Å². The van der Waals surface area contributed by atoms with Crippen molar-refractivity contribution in [3.63, 3.8) is 0 Å². The van der Waals surface area contributed by atoms with Crippen LogP contribution in [0.1, 0.15) is 26.4 Å². The molecule has 0 spiro atoms. The summed E-state index contributed by atoms with van der Waals surface area (Å²) in [6, 6.07) is 10.3. The van der Waals surface area contributed by atoms with E-state index in [9.17, 15) is 18.8 Å². The summed E-state index contributed by atoms with van der Waals surface area (Å²) in [6.07, 6.45) is 3.09. The Balaban J connectivity index is 2.04. The normalized spacial score (nSPS) is 10.8. The number of fused-ring (bicyclic) bond motifs is 1. The number of halogens is 2. The van der Waals surface area contributed by atoms with Gasteiger partial charge >= 0.3 is 0 Å². The van der Waals surface area contributed by atoms with Crippen LogP contribution in [-0.2, 0) is 4.79 Å². The first kappa shape index (κ1) is 24.3. The third-order valence-electron chi connectivity index (χ3n) is 5.57. The van der Waals surface area contributed by atoms with E-state index >= 15 is 4.39 Å². The number of aromatic nitrogens is 2. The number of hydrogen-bond acceptors (Lipinski definition) is 4. The van der Waals surface area contributed by atoms with Gasteiger partial charge in [-0.3, -0.25) is 19.4 Å². The zero-order valence-electron chi connectivity index (χ0n) is 19.4. The van der Waals surface area contributed by atoms with Gasteiger partial charge in [0.05, 0.1) is 28.7 Å². The standard InChI is InChI=1S/C26H21F2N5O3/c1-13-12-33-20(11-31-13)22(24(29)34)21(15-5-4-6-16(9-15)26(36)30-3)23(33)18-8-7-17(10-19(18)28)32-25(35)14(2)27/h4-12H,2H2,1,3H3,(H2,29,34)(H,30,36)(H,32,35). The molecule has 0 unspecified atom stereocenters. The van der Waals surface area contributed by atoms with Gasteiger partial charge in [-0.25, -0.2) is 8.78 Å². The fourth-order valence-electron chi connectivity index (χ4n) is 3.99. The molecule has 3 amide bonds. The van der Waals surface area contributed by atoms with Crippen LogP contribution in [0.4, 0.5) is 14.5 Å². The average Bonchev–Trinajstić information content (AvgIpc) is 3.18. The Bertz CT molecular complexity index is 1580. The molecular weight excluding hydrogens is 468 g/mol. The summed E-state index contributed by atoms with van der Waals surface area (Å²) in [5, 5.41) is 4.76. The second-order valence-electron chi connectivity index (χ2n) is 7.96. The Morgan fingerprint density at radius 1 is 1.14 bits per heavy atom. The number of anilines is 1. The van der Waals surface area contributed by atoms with Crippen molar-refractivity contribution in [1.82, 2.24) is 14.7 Å². The van der Waals surface area contributed by atoms with Crippen LogP contribution in [0.25, 0.3) is 27.9 Å². The Kier molecular flexibility index (Phi) is 6.35. The van der Waals surface area contributed by atoms with E-state index in [0.717, 1.165) is 6.07 Å². The van der Waals surface area contributed by atoms with Crippen molar-refractivity contribution in [3.8, 4) is 22.4 Å². The zero-order valence-corrected chi connectivity index (χ0v) is 19.4. The van der Waals surface area contributed by atoms with Crippen LogP contribution in [0.5, 0.6) is 0 Å². The fourth-order valence-corrected chi connectivity index (χ4v) is 3.99. The molecule has 0 atom stereocenters. The van der Waals surface area contributed by atoms with Crippen molar-refractivity contribution in [3.05, 3.63) is 89.9 Å². The summed E-state index contributed by atoms with van der Waals surface area (Å²) in [7, 11) is 1.49. The van der Waals surface area contributed by atoms with Gasteiger partial charge in [0.2, 0.25) is 0 Å². The van der Waals surface area contributed by atoms with E-state index < -0.39 is 23.5 Å². The number of aryl methyl sites for hydroxylation is 1. The quantitative estimate of drug-likeness (QED) is 0.355. The lowest BCUT2D eigenvalue weighted by atomic mass is 9.95. The molecule has 4 aromatic rings. The monoisotopic (exact) mass is 489 g/mol. The van der Waals surface area contributed by atoms with E-state index in [1.807, 2.05) is 0 Å². The van der Waals surface area contributed by atoms with E-state index in [-0.39, 0.29) is 28.4 Å². The maximum atomic E-state index is 15.5.